The van der Waals surface area contributed by atoms with Crippen molar-refractivity contribution >= 4 is 11.0 Å². The fourth-order valence-electron chi connectivity index (χ4n) is 2.16. The van der Waals surface area contributed by atoms with Crippen molar-refractivity contribution in [2.75, 3.05) is 20.3 Å². The van der Waals surface area contributed by atoms with Gasteiger partial charge in [0.25, 0.3) is 0 Å². The highest BCUT2D eigenvalue weighted by Gasteiger charge is 2.11. The van der Waals surface area contributed by atoms with E-state index in [1.807, 2.05) is 18.2 Å². The first-order chi connectivity index (χ1) is 10.3. The van der Waals surface area contributed by atoms with Crippen LogP contribution in [0, 0.1) is 6.92 Å². The predicted octanol–water partition coefficient (Wildman–Crippen LogP) is 3.13. The standard InChI is InChI=1S/C16H18N2O3/c1-11-3-4-13-12(7-11)8-14(20-13)15-9-18-16(21-15)10-17-5-6-19-2/h3-4,7-9,17H,5-6,10H2,1-2H3. The second-order valence-corrected chi connectivity index (χ2v) is 4.94. The van der Waals surface area contributed by atoms with E-state index in [0.29, 0.717) is 30.6 Å². The summed E-state index contributed by atoms with van der Waals surface area (Å²) >= 11 is 0. The quantitative estimate of drug-likeness (QED) is 0.705. The van der Waals surface area contributed by atoms with Crippen molar-refractivity contribution in [3.63, 3.8) is 0 Å². The Morgan fingerprint density at radius 2 is 2.10 bits per heavy atom. The first kappa shape index (κ1) is 13.9. The number of methoxy groups -OCH3 is 1. The maximum Gasteiger partial charge on any atom is 0.209 e. The molecule has 5 nitrogen and oxygen atoms in total. The number of hydrogen-bond acceptors (Lipinski definition) is 5. The average Bonchev–Trinajstić information content (AvgIpc) is 3.09. The largest absolute Gasteiger partial charge is 0.453 e. The molecule has 0 aliphatic rings. The minimum Gasteiger partial charge on any atom is -0.453 e. The number of nitrogens with zero attached hydrogens (tertiary/aromatic N) is 1. The molecule has 0 aliphatic heterocycles. The van der Waals surface area contributed by atoms with Crippen molar-refractivity contribution in [1.29, 1.82) is 0 Å². The van der Waals surface area contributed by atoms with Crippen LogP contribution >= 0.6 is 0 Å². The summed E-state index contributed by atoms with van der Waals surface area (Å²) in [6.07, 6.45) is 1.69. The molecule has 0 saturated carbocycles. The molecule has 110 valence electrons. The molecule has 0 radical (unpaired) electrons. The van der Waals surface area contributed by atoms with E-state index >= 15 is 0 Å². The van der Waals surface area contributed by atoms with Crippen molar-refractivity contribution in [3.8, 4) is 11.5 Å². The van der Waals surface area contributed by atoms with Crippen molar-refractivity contribution in [2.45, 2.75) is 13.5 Å². The lowest BCUT2D eigenvalue weighted by Gasteiger charge is -1.99. The van der Waals surface area contributed by atoms with Gasteiger partial charge in [-0.25, -0.2) is 4.98 Å². The lowest BCUT2D eigenvalue weighted by molar-refractivity contribution is 0.198. The number of furan rings is 1. The summed E-state index contributed by atoms with van der Waals surface area (Å²) in [4.78, 5) is 4.25. The van der Waals surface area contributed by atoms with Gasteiger partial charge >= 0.3 is 0 Å². The average molecular weight is 286 g/mol. The summed E-state index contributed by atoms with van der Waals surface area (Å²) in [7, 11) is 1.67. The molecular formula is C16H18N2O3. The van der Waals surface area contributed by atoms with Crippen LogP contribution in [0.1, 0.15) is 11.5 Å². The molecule has 2 heterocycles. The van der Waals surface area contributed by atoms with Gasteiger partial charge in [0.2, 0.25) is 5.89 Å². The van der Waals surface area contributed by atoms with Gasteiger partial charge in [-0.1, -0.05) is 11.6 Å². The third-order valence-electron chi connectivity index (χ3n) is 3.23. The Morgan fingerprint density at radius 1 is 1.19 bits per heavy atom. The molecule has 0 bridgehead atoms. The van der Waals surface area contributed by atoms with E-state index in [2.05, 4.69) is 23.3 Å². The fraction of sp³-hybridized carbons (Fsp3) is 0.312. The van der Waals surface area contributed by atoms with Gasteiger partial charge in [0, 0.05) is 19.0 Å². The zero-order chi connectivity index (χ0) is 14.7. The van der Waals surface area contributed by atoms with Crippen molar-refractivity contribution < 1.29 is 13.6 Å². The Balaban J connectivity index is 1.75. The Hall–Kier alpha value is -2.11. The summed E-state index contributed by atoms with van der Waals surface area (Å²) in [6.45, 7) is 4.06. The van der Waals surface area contributed by atoms with Crippen LogP contribution in [0.15, 0.2) is 39.3 Å². The Bertz CT molecular complexity index is 730. The molecule has 3 aromatic rings. The molecule has 3 rings (SSSR count). The summed E-state index contributed by atoms with van der Waals surface area (Å²) in [5.41, 5.74) is 2.06. The molecule has 1 N–H and O–H groups in total. The molecule has 0 amide bonds. The number of rotatable bonds is 6. The topological polar surface area (TPSA) is 60.4 Å². The normalized spacial score (nSPS) is 11.3. The van der Waals surface area contributed by atoms with Crippen LogP contribution in [0.25, 0.3) is 22.5 Å². The van der Waals surface area contributed by atoms with E-state index in [9.17, 15) is 0 Å². The lowest BCUT2D eigenvalue weighted by atomic mass is 10.2. The van der Waals surface area contributed by atoms with Crippen LogP contribution < -0.4 is 5.32 Å². The maximum atomic E-state index is 5.79. The smallest absolute Gasteiger partial charge is 0.209 e. The van der Waals surface area contributed by atoms with Gasteiger partial charge in [-0.2, -0.15) is 0 Å². The minimum absolute atomic E-state index is 0.572. The number of oxazole rings is 1. The first-order valence-corrected chi connectivity index (χ1v) is 6.91. The zero-order valence-electron chi connectivity index (χ0n) is 12.2. The van der Waals surface area contributed by atoms with E-state index in [-0.39, 0.29) is 0 Å². The molecule has 0 aliphatic carbocycles. The maximum absolute atomic E-state index is 5.79. The van der Waals surface area contributed by atoms with Crippen LogP contribution in [0.5, 0.6) is 0 Å². The predicted molar refractivity (Wildman–Crippen MR) is 80.0 cm³/mol. The van der Waals surface area contributed by atoms with E-state index in [4.69, 9.17) is 13.6 Å². The monoisotopic (exact) mass is 286 g/mol. The van der Waals surface area contributed by atoms with Crippen LogP contribution in [0.3, 0.4) is 0 Å². The summed E-state index contributed by atoms with van der Waals surface area (Å²) in [5, 5.41) is 4.26. The highest BCUT2D eigenvalue weighted by Crippen LogP contribution is 2.28. The van der Waals surface area contributed by atoms with Gasteiger partial charge in [-0.05, 0) is 25.1 Å². The molecule has 0 spiro atoms. The third kappa shape index (κ3) is 3.15. The van der Waals surface area contributed by atoms with Crippen LogP contribution in [-0.4, -0.2) is 25.2 Å². The van der Waals surface area contributed by atoms with E-state index in [1.165, 1.54) is 5.56 Å². The number of aromatic nitrogens is 1. The number of ether oxygens (including phenoxy) is 1. The van der Waals surface area contributed by atoms with Crippen LogP contribution in [0.4, 0.5) is 0 Å². The summed E-state index contributed by atoms with van der Waals surface area (Å²) in [5.74, 6) is 1.98. The molecule has 0 atom stereocenters. The molecule has 0 fully saturated rings. The molecule has 21 heavy (non-hydrogen) atoms. The number of fused-ring (bicyclic) bond motifs is 1. The van der Waals surface area contributed by atoms with Gasteiger partial charge in [0.1, 0.15) is 5.58 Å². The number of benzene rings is 1. The zero-order valence-corrected chi connectivity index (χ0v) is 12.2. The SMILES string of the molecule is COCCNCc1ncc(-c2cc3cc(C)ccc3o2)o1. The van der Waals surface area contributed by atoms with Gasteiger partial charge in [0.05, 0.1) is 19.3 Å². The Kier molecular flexibility index (Phi) is 4.03. The Morgan fingerprint density at radius 3 is 2.95 bits per heavy atom. The molecule has 2 aromatic heterocycles. The van der Waals surface area contributed by atoms with E-state index in [1.54, 1.807) is 13.3 Å². The molecule has 0 unspecified atom stereocenters. The lowest BCUT2D eigenvalue weighted by Crippen LogP contribution is -2.18. The van der Waals surface area contributed by atoms with Crippen molar-refractivity contribution in [3.05, 3.63) is 41.9 Å². The highest BCUT2D eigenvalue weighted by atomic mass is 16.5. The van der Waals surface area contributed by atoms with Crippen molar-refractivity contribution in [2.24, 2.45) is 0 Å². The first-order valence-electron chi connectivity index (χ1n) is 6.91. The van der Waals surface area contributed by atoms with Gasteiger partial charge in [0.15, 0.2) is 11.5 Å². The number of hydrogen-bond donors (Lipinski definition) is 1. The second-order valence-electron chi connectivity index (χ2n) is 4.94. The van der Waals surface area contributed by atoms with Crippen LogP contribution in [-0.2, 0) is 11.3 Å². The summed E-state index contributed by atoms with van der Waals surface area (Å²) in [6, 6.07) is 8.07. The minimum atomic E-state index is 0.572. The van der Waals surface area contributed by atoms with Gasteiger partial charge in [-0.15, -0.1) is 0 Å². The van der Waals surface area contributed by atoms with Crippen molar-refractivity contribution in [1.82, 2.24) is 10.3 Å². The molecular weight excluding hydrogens is 268 g/mol. The van der Waals surface area contributed by atoms with Gasteiger partial charge in [-0.3, -0.25) is 0 Å². The molecule has 5 heteroatoms. The number of aryl methyl sites for hydroxylation is 1. The highest BCUT2D eigenvalue weighted by molar-refractivity contribution is 5.82. The fourth-order valence-corrected chi connectivity index (χ4v) is 2.16. The third-order valence-corrected chi connectivity index (χ3v) is 3.23. The van der Waals surface area contributed by atoms with E-state index < -0.39 is 0 Å². The van der Waals surface area contributed by atoms with E-state index in [0.717, 1.165) is 17.5 Å². The van der Waals surface area contributed by atoms with Gasteiger partial charge < -0.3 is 18.9 Å². The molecule has 0 saturated heterocycles. The molecule has 1 aromatic carbocycles. The number of nitrogens with one attached hydrogen (secondary N) is 1. The second kappa shape index (κ2) is 6.11. The summed E-state index contributed by atoms with van der Waals surface area (Å²) < 4.78 is 16.5. The Labute approximate surface area is 122 Å². The van der Waals surface area contributed by atoms with Crippen LogP contribution in [0.2, 0.25) is 0 Å².